The zero-order valence-corrected chi connectivity index (χ0v) is 15.0. The first-order chi connectivity index (χ1) is 11.1. The van der Waals surface area contributed by atoms with Crippen molar-refractivity contribution in [1.82, 2.24) is 9.88 Å². The zero-order chi connectivity index (χ0) is 16.4. The molecule has 1 fully saturated rings. The van der Waals surface area contributed by atoms with Crippen molar-refractivity contribution in [3.05, 3.63) is 29.5 Å². The summed E-state index contributed by atoms with van der Waals surface area (Å²) < 4.78 is 5.68. The fourth-order valence-electron chi connectivity index (χ4n) is 4.11. The first kappa shape index (κ1) is 16.4. The highest BCUT2D eigenvalue weighted by Crippen LogP contribution is 2.37. The Morgan fingerprint density at radius 1 is 1.30 bits per heavy atom. The molecule has 1 aromatic carbocycles. The molecule has 0 aliphatic carbocycles. The molecule has 126 valence electrons. The number of likely N-dealkylation sites (tertiary alicyclic amines) is 1. The van der Waals surface area contributed by atoms with Crippen molar-refractivity contribution >= 4 is 10.9 Å². The van der Waals surface area contributed by atoms with Gasteiger partial charge < -0.3 is 9.72 Å². The van der Waals surface area contributed by atoms with E-state index >= 15 is 0 Å². The lowest BCUT2D eigenvalue weighted by Crippen LogP contribution is -2.38. The second-order valence-electron chi connectivity index (χ2n) is 7.48. The molecule has 0 atom stereocenters. The van der Waals surface area contributed by atoms with Crippen LogP contribution in [0, 0.1) is 12.3 Å². The summed E-state index contributed by atoms with van der Waals surface area (Å²) in [5.41, 5.74) is 4.37. The van der Waals surface area contributed by atoms with Crippen LogP contribution in [0.2, 0.25) is 0 Å². The van der Waals surface area contributed by atoms with E-state index in [2.05, 4.69) is 42.8 Å². The summed E-state index contributed by atoms with van der Waals surface area (Å²) in [5.74, 6) is 1.02. The number of hydrogen-bond donors (Lipinski definition) is 1. The Kier molecular flexibility index (Phi) is 4.67. The number of methoxy groups -OCH3 is 1. The maximum atomic E-state index is 5.68. The zero-order valence-electron chi connectivity index (χ0n) is 15.0. The number of piperidine rings is 1. The average molecular weight is 314 g/mol. The van der Waals surface area contributed by atoms with Crippen LogP contribution >= 0.6 is 0 Å². The number of benzene rings is 1. The third kappa shape index (κ3) is 3.25. The van der Waals surface area contributed by atoms with Gasteiger partial charge in [0.05, 0.1) is 7.11 Å². The largest absolute Gasteiger partial charge is 0.496 e. The predicted molar refractivity (Wildman–Crippen MR) is 97.1 cm³/mol. The summed E-state index contributed by atoms with van der Waals surface area (Å²) >= 11 is 0. The van der Waals surface area contributed by atoms with Gasteiger partial charge in [0.25, 0.3) is 0 Å². The third-order valence-corrected chi connectivity index (χ3v) is 5.63. The van der Waals surface area contributed by atoms with E-state index in [0.717, 1.165) is 12.3 Å². The normalized spacial score (nSPS) is 18.4. The number of nitrogens with one attached hydrogen (secondary N) is 1. The number of rotatable bonds is 5. The van der Waals surface area contributed by atoms with E-state index < -0.39 is 0 Å². The Morgan fingerprint density at radius 2 is 2.04 bits per heavy atom. The van der Waals surface area contributed by atoms with Gasteiger partial charge in [-0.2, -0.15) is 0 Å². The summed E-state index contributed by atoms with van der Waals surface area (Å²) in [6, 6.07) is 4.35. The van der Waals surface area contributed by atoms with Crippen LogP contribution in [-0.2, 0) is 6.54 Å². The smallest absolute Gasteiger partial charge is 0.124 e. The van der Waals surface area contributed by atoms with E-state index in [0.29, 0.717) is 5.41 Å². The van der Waals surface area contributed by atoms with Gasteiger partial charge in [0.15, 0.2) is 0 Å². The summed E-state index contributed by atoms with van der Waals surface area (Å²) in [4.78, 5) is 5.97. The maximum Gasteiger partial charge on any atom is 0.124 e. The molecule has 3 rings (SSSR count). The molecule has 2 aromatic rings. The van der Waals surface area contributed by atoms with Crippen molar-refractivity contribution in [3.8, 4) is 5.75 Å². The highest BCUT2D eigenvalue weighted by molar-refractivity contribution is 5.88. The van der Waals surface area contributed by atoms with Gasteiger partial charge in [-0.15, -0.1) is 0 Å². The van der Waals surface area contributed by atoms with Crippen LogP contribution in [0.5, 0.6) is 5.75 Å². The van der Waals surface area contributed by atoms with Crippen molar-refractivity contribution in [2.75, 3.05) is 20.2 Å². The van der Waals surface area contributed by atoms with Crippen molar-refractivity contribution in [2.24, 2.45) is 5.41 Å². The fourth-order valence-corrected chi connectivity index (χ4v) is 4.11. The van der Waals surface area contributed by atoms with Crippen LogP contribution in [-0.4, -0.2) is 30.1 Å². The number of ether oxygens (including phenoxy) is 1. The molecule has 0 radical (unpaired) electrons. The van der Waals surface area contributed by atoms with E-state index in [1.165, 1.54) is 60.8 Å². The molecule has 2 heterocycles. The Balaban J connectivity index is 1.80. The maximum absolute atomic E-state index is 5.68. The highest BCUT2D eigenvalue weighted by Gasteiger charge is 2.29. The standard InChI is InChI=1S/C20H30N2O/c1-5-7-20(3)8-11-22(12-9-20)14-17-16-6-10-21-19(16)15(2)13-18(17)23-4/h6,10,13,21H,5,7-9,11-12,14H2,1-4H3. The number of nitrogens with zero attached hydrogens (tertiary/aromatic N) is 1. The molecular formula is C20H30N2O. The highest BCUT2D eigenvalue weighted by atomic mass is 16.5. The summed E-state index contributed by atoms with van der Waals surface area (Å²) in [6.45, 7) is 10.3. The minimum Gasteiger partial charge on any atom is -0.496 e. The lowest BCUT2D eigenvalue weighted by Gasteiger charge is -2.39. The van der Waals surface area contributed by atoms with Crippen LogP contribution in [0.15, 0.2) is 18.3 Å². The van der Waals surface area contributed by atoms with Gasteiger partial charge in [-0.3, -0.25) is 4.90 Å². The van der Waals surface area contributed by atoms with Gasteiger partial charge in [-0.1, -0.05) is 20.3 Å². The Labute approximate surface area is 140 Å². The van der Waals surface area contributed by atoms with Crippen LogP contribution < -0.4 is 4.74 Å². The van der Waals surface area contributed by atoms with Gasteiger partial charge in [-0.05, 0) is 62.4 Å². The Morgan fingerprint density at radius 3 is 2.70 bits per heavy atom. The number of H-pyrrole nitrogens is 1. The molecule has 1 aliphatic rings. The molecule has 0 saturated carbocycles. The van der Waals surface area contributed by atoms with Gasteiger partial charge in [0, 0.05) is 29.2 Å². The average Bonchev–Trinajstić information content (AvgIpc) is 3.02. The molecule has 1 saturated heterocycles. The molecule has 1 N–H and O–H groups in total. The molecule has 1 aliphatic heterocycles. The molecule has 0 unspecified atom stereocenters. The van der Waals surface area contributed by atoms with E-state index in [1.54, 1.807) is 7.11 Å². The minimum atomic E-state index is 0.548. The molecule has 1 aromatic heterocycles. The van der Waals surface area contributed by atoms with Crippen LogP contribution in [0.4, 0.5) is 0 Å². The van der Waals surface area contributed by atoms with Gasteiger partial charge in [0.2, 0.25) is 0 Å². The molecular weight excluding hydrogens is 284 g/mol. The Hall–Kier alpha value is -1.48. The lowest BCUT2D eigenvalue weighted by molar-refractivity contribution is 0.104. The first-order valence-corrected chi connectivity index (χ1v) is 8.92. The molecule has 3 heteroatoms. The van der Waals surface area contributed by atoms with Crippen molar-refractivity contribution < 1.29 is 4.74 Å². The Bertz CT molecular complexity index is 666. The second kappa shape index (κ2) is 6.56. The number of aromatic amines is 1. The van der Waals surface area contributed by atoms with Gasteiger partial charge >= 0.3 is 0 Å². The van der Waals surface area contributed by atoms with Crippen LogP contribution in [0.25, 0.3) is 10.9 Å². The molecule has 0 spiro atoms. The SMILES string of the molecule is CCCC1(C)CCN(Cc2c(OC)cc(C)c3[nH]ccc23)CC1. The minimum absolute atomic E-state index is 0.548. The van der Waals surface area contributed by atoms with E-state index in [4.69, 9.17) is 4.74 Å². The molecule has 23 heavy (non-hydrogen) atoms. The van der Waals surface area contributed by atoms with E-state index in [9.17, 15) is 0 Å². The van der Waals surface area contributed by atoms with Crippen LogP contribution in [0.1, 0.15) is 50.7 Å². The summed E-state index contributed by atoms with van der Waals surface area (Å²) in [5, 5.41) is 1.31. The summed E-state index contributed by atoms with van der Waals surface area (Å²) in [6.07, 6.45) is 7.31. The monoisotopic (exact) mass is 314 g/mol. The fraction of sp³-hybridized carbons (Fsp3) is 0.600. The van der Waals surface area contributed by atoms with Gasteiger partial charge in [0.1, 0.15) is 5.75 Å². The van der Waals surface area contributed by atoms with Crippen LogP contribution in [0.3, 0.4) is 0 Å². The van der Waals surface area contributed by atoms with Crippen molar-refractivity contribution in [2.45, 2.75) is 53.0 Å². The van der Waals surface area contributed by atoms with E-state index in [1.807, 2.05) is 6.20 Å². The number of aromatic nitrogens is 1. The topological polar surface area (TPSA) is 28.3 Å². The molecule has 0 bridgehead atoms. The quantitative estimate of drug-likeness (QED) is 0.851. The number of hydrogen-bond acceptors (Lipinski definition) is 2. The molecule has 3 nitrogen and oxygen atoms in total. The van der Waals surface area contributed by atoms with Crippen molar-refractivity contribution in [3.63, 3.8) is 0 Å². The number of fused-ring (bicyclic) bond motifs is 1. The van der Waals surface area contributed by atoms with E-state index in [-0.39, 0.29) is 0 Å². The number of aryl methyl sites for hydroxylation is 1. The second-order valence-corrected chi connectivity index (χ2v) is 7.48. The lowest BCUT2D eigenvalue weighted by atomic mass is 9.77. The van der Waals surface area contributed by atoms with Crippen molar-refractivity contribution in [1.29, 1.82) is 0 Å². The molecule has 0 amide bonds. The van der Waals surface area contributed by atoms with Gasteiger partial charge in [-0.25, -0.2) is 0 Å². The third-order valence-electron chi connectivity index (χ3n) is 5.63. The predicted octanol–water partition coefficient (Wildman–Crippen LogP) is 4.89. The summed E-state index contributed by atoms with van der Waals surface area (Å²) in [7, 11) is 1.78. The first-order valence-electron chi connectivity index (χ1n) is 8.92.